The molecule has 1 amide bonds. The van der Waals surface area contributed by atoms with E-state index in [1.165, 1.54) is 10.9 Å². The van der Waals surface area contributed by atoms with Crippen LogP contribution < -0.4 is 0 Å². The smallest absolute Gasteiger partial charge is 0.233 e. The van der Waals surface area contributed by atoms with Crippen molar-refractivity contribution < 1.29 is 4.79 Å². The highest BCUT2D eigenvalue weighted by Gasteiger charge is 2.34. The molecule has 6 heteroatoms. The Morgan fingerprint density at radius 2 is 1.66 bits per heavy atom. The summed E-state index contributed by atoms with van der Waals surface area (Å²) in [5.41, 5.74) is 5.76. The number of rotatable bonds is 5. The van der Waals surface area contributed by atoms with Gasteiger partial charge < -0.3 is 9.88 Å². The molecule has 3 nitrogen and oxygen atoms in total. The van der Waals surface area contributed by atoms with Crippen LogP contribution in [0.5, 0.6) is 0 Å². The molecule has 1 unspecified atom stereocenters. The quantitative estimate of drug-likeness (QED) is 0.337. The lowest BCUT2D eigenvalue weighted by Crippen LogP contribution is -2.41. The number of hydrogen-bond donors (Lipinski definition) is 1. The van der Waals surface area contributed by atoms with Gasteiger partial charge in [0.15, 0.2) is 0 Å². The highest BCUT2D eigenvalue weighted by atomic mass is 35.5. The van der Waals surface area contributed by atoms with Crippen molar-refractivity contribution >= 4 is 51.8 Å². The van der Waals surface area contributed by atoms with E-state index >= 15 is 0 Å². The van der Waals surface area contributed by atoms with E-state index in [0.717, 1.165) is 39.5 Å². The van der Waals surface area contributed by atoms with Crippen molar-refractivity contribution in [2.45, 2.75) is 18.2 Å². The maximum absolute atomic E-state index is 13.4. The minimum absolute atomic E-state index is 0.146. The molecule has 1 aromatic heterocycles. The molecule has 1 aliphatic heterocycles. The number of nitrogens with zero attached hydrogens (tertiary/aromatic N) is 1. The maximum Gasteiger partial charge on any atom is 0.233 e. The number of benzene rings is 3. The van der Waals surface area contributed by atoms with E-state index in [0.29, 0.717) is 17.3 Å². The number of nitrogens with one attached hydrogen (secondary N) is 1. The van der Waals surface area contributed by atoms with Gasteiger partial charge in [0.25, 0.3) is 0 Å². The molecule has 1 N–H and O–H groups in total. The average molecular weight is 481 g/mol. The lowest BCUT2D eigenvalue weighted by Gasteiger charge is -2.36. The first-order valence-corrected chi connectivity index (χ1v) is 12.5. The highest BCUT2D eigenvalue weighted by molar-refractivity contribution is 7.99. The van der Waals surface area contributed by atoms with Gasteiger partial charge in [0, 0.05) is 38.9 Å². The third-order valence-corrected chi connectivity index (χ3v) is 7.44. The Morgan fingerprint density at radius 3 is 2.41 bits per heavy atom. The molecular formula is C26H22Cl2N2OS. The van der Waals surface area contributed by atoms with Crippen LogP contribution in [0.4, 0.5) is 0 Å². The fourth-order valence-electron chi connectivity index (χ4n) is 4.42. The van der Waals surface area contributed by atoms with Crippen molar-refractivity contribution in [3.63, 3.8) is 0 Å². The number of aromatic amines is 1. The average Bonchev–Trinajstić information content (AvgIpc) is 3.19. The highest BCUT2D eigenvalue weighted by Crippen LogP contribution is 2.39. The minimum Gasteiger partial charge on any atom is -0.356 e. The third-order valence-electron chi connectivity index (χ3n) is 5.95. The summed E-state index contributed by atoms with van der Waals surface area (Å²) in [6, 6.07) is 23.8. The summed E-state index contributed by atoms with van der Waals surface area (Å²) in [6.07, 6.45) is 0.844. The topological polar surface area (TPSA) is 36.1 Å². The number of para-hydroxylation sites is 1. The molecule has 0 fully saturated rings. The number of fused-ring (bicyclic) bond motifs is 3. The zero-order valence-electron chi connectivity index (χ0n) is 17.4. The van der Waals surface area contributed by atoms with E-state index in [1.54, 1.807) is 11.8 Å². The minimum atomic E-state index is -0.146. The van der Waals surface area contributed by atoms with E-state index < -0.39 is 0 Å². The summed E-state index contributed by atoms with van der Waals surface area (Å²) in [5.74, 6) is 1.36. The first kappa shape index (κ1) is 21.4. The van der Waals surface area contributed by atoms with Crippen LogP contribution in [0, 0.1) is 0 Å². The summed E-state index contributed by atoms with van der Waals surface area (Å²) in [4.78, 5) is 19.0. The number of hydrogen-bond acceptors (Lipinski definition) is 2. The number of amides is 1. The summed E-state index contributed by atoms with van der Waals surface area (Å²) < 4.78 is 0. The predicted octanol–water partition coefficient (Wildman–Crippen LogP) is 6.88. The van der Waals surface area contributed by atoms with Crippen LogP contribution in [-0.4, -0.2) is 28.1 Å². The molecule has 3 aromatic carbocycles. The number of H-pyrrole nitrogens is 1. The fourth-order valence-corrected chi connectivity index (χ4v) is 5.54. The van der Waals surface area contributed by atoms with E-state index in [-0.39, 0.29) is 11.9 Å². The molecule has 162 valence electrons. The van der Waals surface area contributed by atoms with Crippen molar-refractivity contribution in [2.75, 3.05) is 12.3 Å². The Morgan fingerprint density at radius 1 is 0.969 bits per heavy atom. The van der Waals surface area contributed by atoms with Crippen LogP contribution in [0.25, 0.3) is 10.9 Å². The van der Waals surface area contributed by atoms with Crippen molar-refractivity contribution in [3.8, 4) is 0 Å². The first-order valence-electron chi connectivity index (χ1n) is 10.6. The predicted molar refractivity (Wildman–Crippen MR) is 135 cm³/mol. The van der Waals surface area contributed by atoms with Crippen LogP contribution in [0.15, 0.2) is 72.8 Å². The molecular weight excluding hydrogens is 459 g/mol. The SMILES string of the molecule is O=C(CSCc1ccc(Cl)cc1)N1CCc2c([nH]c3ccccc23)C1c1ccc(Cl)cc1. The maximum atomic E-state index is 13.4. The molecule has 0 saturated carbocycles. The Hall–Kier alpha value is -2.40. The van der Waals surface area contributed by atoms with E-state index in [2.05, 4.69) is 23.2 Å². The third kappa shape index (κ3) is 4.27. The summed E-state index contributed by atoms with van der Waals surface area (Å²) in [6.45, 7) is 0.697. The van der Waals surface area contributed by atoms with E-state index in [9.17, 15) is 4.79 Å². The Balaban J connectivity index is 1.42. The molecule has 0 saturated heterocycles. The molecule has 1 atom stereocenters. The molecule has 0 bridgehead atoms. The Kier molecular flexibility index (Phi) is 6.18. The van der Waals surface area contributed by atoms with Gasteiger partial charge in [-0.15, -0.1) is 11.8 Å². The summed E-state index contributed by atoms with van der Waals surface area (Å²) in [5, 5.41) is 2.66. The zero-order chi connectivity index (χ0) is 22.1. The number of halogens is 2. The van der Waals surface area contributed by atoms with Gasteiger partial charge in [-0.05, 0) is 53.4 Å². The number of thioether (sulfide) groups is 1. The van der Waals surface area contributed by atoms with Gasteiger partial charge in [0.1, 0.15) is 0 Å². The van der Waals surface area contributed by atoms with Gasteiger partial charge in [-0.3, -0.25) is 4.79 Å². The van der Waals surface area contributed by atoms with Gasteiger partial charge in [-0.1, -0.05) is 65.7 Å². The van der Waals surface area contributed by atoms with Crippen LogP contribution in [-0.2, 0) is 17.0 Å². The van der Waals surface area contributed by atoms with Crippen molar-refractivity contribution in [2.24, 2.45) is 0 Å². The van der Waals surface area contributed by atoms with Crippen LogP contribution in [0.1, 0.15) is 28.4 Å². The molecule has 1 aliphatic rings. The molecule has 0 aliphatic carbocycles. The molecule has 4 aromatic rings. The van der Waals surface area contributed by atoms with Gasteiger partial charge >= 0.3 is 0 Å². The Bertz CT molecular complexity index is 1250. The largest absolute Gasteiger partial charge is 0.356 e. The van der Waals surface area contributed by atoms with Gasteiger partial charge in [0.2, 0.25) is 5.91 Å². The zero-order valence-corrected chi connectivity index (χ0v) is 19.7. The molecule has 0 radical (unpaired) electrons. The molecule has 5 rings (SSSR count). The molecule has 2 heterocycles. The number of carbonyl (C=O) groups excluding carboxylic acids is 1. The van der Waals surface area contributed by atoms with E-state index in [1.807, 2.05) is 59.5 Å². The van der Waals surface area contributed by atoms with Gasteiger partial charge in [-0.25, -0.2) is 0 Å². The monoisotopic (exact) mass is 480 g/mol. The summed E-state index contributed by atoms with van der Waals surface area (Å²) in [7, 11) is 0. The van der Waals surface area contributed by atoms with Crippen LogP contribution in [0.2, 0.25) is 10.0 Å². The lowest BCUT2D eigenvalue weighted by molar-refractivity contribution is -0.130. The van der Waals surface area contributed by atoms with Crippen molar-refractivity contribution in [3.05, 3.63) is 105 Å². The number of aromatic nitrogens is 1. The van der Waals surface area contributed by atoms with Crippen molar-refractivity contribution in [1.82, 2.24) is 9.88 Å². The molecule has 0 spiro atoms. The second-order valence-corrected chi connectivity index (χ2v) is 9.83. The van der Waals surface area contributed by atoms with Crippen LogP contribution in [0.3, 0.4) is 0 Å². The second-order valence-electron chi connectivity index (χ2n) is 7.97. The van der Waals surface area contributed by atoms with Gasteiger partial charge in [-0.2, -0.15) is 0 Å². The fraction of sp³-hybridized carbons (Fsp3) is 0.192. The second kappa shape index (κ2) is 9.22. The summed E-state index contributed by atoms with van der Waals surface area (Å²) >= 11 is 13.8. The standard InChI is InChI=1S/C26H22Cl2N2OS/c27-19-9-5-17(6-10-19)15-32-16-24(31)30-14-13-22-21-3-1-2-4-23(21)29-25(22)26(30)18-7-11-20(28)12-8-18/h1-12,26,29H,13-16H2. The first-order chi connectivity index (χ1) is 15.6. The molecule has 32 heavy (non-hydrogen) atoms. The van der Waals surface area contributed by atoms with E-state index in [4.69, 9.17) is 23.2 Å². The van der Waals surface area contributed by atoms with Crippen molar-refractivity contribution in [1.29, 1.82) is 0 Å². The Labute approximate surface area is 201 Å². The van der Waals surface area contributed by atoms with Gasteiger partial charge in [0.05, 0.1) is 11.8 Å². The van der Waals surface area contributed by atoms with Crippen LogP contribution >= 0.6 is 35.0 Å². The lowest BCUT2D eigenvalue weighted by atomic mass is 9.92. The normalized spacial score (nSPS) is 15.7. The number of carbonyl (C=O) groups is 1.